The number of hydrogen-bond donors (Lipinski definition) is 0. The summed E-state index contributed by atoms with van der Waals surface area (Å²) in [5.41, 5.74) is 5.40. The molecule has 0 heteroatoms. The predicted octanol–water partition coefficient (Wildman–Crippen LogP) is 15.6. The molecule has 48 heavy (non-hydrogen) atoms. The lowest BCUT2D eigenvalue weighted by atomic mass is 9.91. The Hall–Kier alpha value is -4.68. The fourth-order valence-electron chi connectivity index (χ4n) is 6.66. The van der Waals surface area contributed by atoms with E-state index in [4.69, 9.17) is 0 Å². The summed E-state index contributed by atoms with van der Waals surface area (Å²) >= 11 is 0. The summed E-state index contributed by atoms with van der Waals surface area (Å²) in [4.78, 5) is 0. The largest absolute Gasteiger partial charge is 0.0683 e. The molecule has 0 radical (unpaired) electrons. The molecule has 0 aliphatic heterocycles. The highest BCUT2D eigenvalue weighted by molar-refractivity contribution is 6.20. The van der Waals surface area contributed by atoms with Gasteiger partial charge in [-0.05, 0) is 115 Å². The van der Waals surface area contributed by atoms with Crippen LogP contribution in [0.15, 0.2) is 121 Å². The van der Waals surface area contributed by atoms with E-state index >= 15 is 0 Å². The molecule has 0 unspecified atom stereocenters. The lowest BCUT2D eigenvalue weighted by Gasteiger charge is -2.13. The summed E-state index contributed by atoms with van der Waals surface area (Å²) in [6, 6.07) is 44.2. The van der Waals surface area contributed by atoms with Gasteiger partial charge in [0.2, 0.25) is 0 Å². The molecule has 0 saturated carbocycles. The molecule has 0 nitrogen and oxygen atoms in total. The van der Waals surface area contributed by atoms with Crippen LogP contribution in [0.2, 0.25) is 0 Å². The van der Waals surface area contributed by atoms with E-state index in [9.17, 15) is 0 Å². The second-order valence-corrected chi connectivity index (χ2v) is 11.1. The van der Waals surface area contributed by atoms with Gasteiger partial charge in [-0.1, -0.05) is 177 Å². The van der Waals surface area contributed by atoms with E-state index < -0.39 is 0 Å². The number of hydrogen-bond acceptors (Lipinski definition) is 0. The second kappa shape index (κ2) is 18.0. The van der Waals surface area contributed by atoms with E-state index in [1.807, 2.05) is 55.4 Å². The molecule has 0 saturated heterocycles. The van der Waals surface area contributed by atoms with Gasteiger partial charge >= 0.3 is 0 Å². The molecule has 248 valence electrons. The summed E-state index contributed by atoms with van der Waals surface area (Å²) in [7, 11) is 0. The van der Waals surface area contributed by atoms with Gasteiger partial charge in [0.15, 0.2) is 0 Å². The lowest BCUT2D eigenvalue weighted by Crippen LogP contribution is -1.88. The van der Waals surface area contributed by atoms with Crippen LogP contribution in [0.25, 0.3) is 64.6 Å². The minimum atomic E-state index is 1.33. The smallest absolute Gasteiger partial charge is 0.00670 e. The highest BCUT2D eigenvalue weighted by Gasteiger charge is 2.10. The zero-order valence-corrected chi connectivity index (χ0v) is 31.5. The Morgan fingerprint density at radius 3 is 0.917 bits per heavy atom. The maximum atomic E-state index is 2.31. The Labute approximate surface area is 290 Å². The van der Waals surface area contributed by atoms with E-state index in [2.05, 4.69) is 149 Å². The molecule has 0 amide bonds. The Morgan fingerprint density at radius 1 is 0.250 bits per heavy atom. The molecule has 8 aromatic carbocycles. The minimum absolute atomic E-state index is 1.33. The first kappa shape index (κ1) is 37.8. The maximum Gasteiger partial charge on any atom is -0.00670 e. The molecule has 0 N–H and O–H groups in total. The Kier molecular flexibility index (Phi) is 14.2. The average Bonchev–Trinajstić information content (AvgIpc) is 3.15. The maximum absolute atomic E-state index is 2.31. The summed E-state index contributed by atoms with van der Waals surface area (Å²) < 4.78 is 0. The van der Waals surface area contributed by atoms with Crippen molar-refractivity contribution in [1.29, 1.82) is 0 Å². The molecular weight excluding hydrogens is 577 g/mol. The normalized spacial score (nSPS) is 10.1. The van der Waals surface area contributed by atoms with Crippen LogP contribution in [0.4, 0.5) is 0 Å². The summed E-state index contributed by atoms with van der Waals surface area (Å²) in [5.74, 6) is 0. The SMILES string of the molecule is CC.CC.CC.CC.Cc1cc2ccccc2c2c(C)cc3ccccc3c12.Cc1cccc2c1ccc1c3cccc(C)c3ccc21. The second-order valence-electron chi connectivity index (χ2n) is 11.1. The molecule has 0 atom stereocenters. The third kappa shape index (κ3) is 7.39. The summed E-state index contributed by atoms with van der Waals surface area (Å²) in [5, 5.41) is 16.3. The first-order valence-electron chi connectivity index (χ1n) is 18.1. The molecule has 0 spiro atoms. The molecule has 0 aliphatic rings. The van der Waals surface area contributed by atoms with Crippen molar-refractivity contribution < 1.29 is 0 Å². The molecule has 8 aromatic rings. The standard InChI is InChI=1S/2C20H16.4C2H6/c1-13-11-15-7-3-6-10-18(15)20-14(2)12-16-8-4-5-9-17(16)19(13)20;1-13-5-3-7-17-15(13)9-11-20-18-8-4-6-14(2)16(18)10-12-19(17)20;4*1-2/h2*3-12H,1-2H3;4*1-2H3. The van der Waals surface area contributed by atoms with Crippen molar-refractivity contribution in [2.45, 2.75) is 83.1 Å². The molecule has 0 aromatic heterocycles. The minimum Gasteiger partial charge on any atom is -0.0683 e. The van der Waals surface area contributed by atoms with Gasteiger partial charge in [-0.3, -0.25) is 0 Å². The first-order valence-corrected chi connectivity index (χ1v) is 18.1. The average molecular weight is 633 g/mol. The zero-order valence-electron chi connectivity index (χ0n) is 31.5. The topological polar surface area (TPSA) is 0 Å². The summed E-state index contributed by atoms with van der Waals surface area (Å²) in [6.07, 6.45) is 0. The van der Waals surface area contributed by atoms with E-state index in [-0.39, 0.29) is 0 Å². The van der Waals surface area contributed by atoms with Crippen molar-refractivity contribution in [3.05, 3.63) is 144 Å². The van der Waals surface area contributed by atoms with E-state index in [0.29, 0.717) is 0 Å². The fourth-order valence-corrected chi connectivity index (χ4v) is 6.66. The van der Waals surface area contributed by atoms with E-state index in [1.54, 1.807) is 0 Å². The number of aryl methyl sites for hydroxylation is 4. The van der Waals surface area contributed by atoms with Gasteiger partial charge < -0.3 is 0 Å². The molecular formula is C48H56. The van der Waals surface area contributed by atoms with E-state index in [1.165, 1.54) is 86.9 Å². The van der Waals surface area contributed by atoms with Crippen molar-refractivity contribution in [3.8, 4) is 0 Å². The van der Waals surface area contributed by atoms with Gasteiger partial charge in [0, 0.05) is 0 Å². The Balaban J connectivity index is 0.000000216. The fraction of sp³-hybridized carbons (Fsp3) is 0.250. The van der Waals surface area contributed by atoms with Crippen LogP contribution in [-0.2, 0) is 0 Å². The van der Waals surface area contributed by atoms with Gasteiger partial charge in [0.05, 0.1) is 0 Å². The van der Waals surface area contributed by atoms with Crippen LogP contribution in [0.1, 0.15) is 77.6 Å². The van der Waals surface area contributed by atoms with Crippen molar-refractivity contribution in [1.82, 2.24) is 0 Å². The van der Waals surface area contributed by atoms with Crippen LogP contribution < -0.4 is 0 Å². The van der Waals surface area contributed by atoms with Gasteiger partial charge in [0.25, 0.3) is 0 Å². The van der Waals surface area contributed by atoms with Crippen molar-refractivity contribution in [2.24, 2.45) is 0 Å². The number of benzene rings is 8. The van der Waals surface area contributed by atoms with Crippen LogP contribution in [0.5, 0.6) is 0 Å². The molecule has 0 aliphatic carbocycles. The first-order chi connectivity index (χ1) is 23.5. The van der Waals surface area contributed by atoms with Gasteiger partial charge in [-0.25, -0.2) is 0 Å². The molecule has 0 heterocycles. The molecule has 8 rings (SSSR count). The van der Waals surface area contributed by atoms with Gasteiger partial charge in [-0.2, -0.15) is 0 Å². The molecule has 0 fully saturated rings. The Bertz CT molecular complexity index is 2090. The third-order valence-corrected chi connectivity index (χ3v) is 8.60. The van der Waals surface area contributed by atoms with Crippen LogP contribution in [-0.4, -0.2) is 0 Å². The van der Waals surface area contributed by atoms with Crippen LogP contribution in [0, 0.1) is 27.7 Å². The predicted molar refractivity (Wildman–Crippen MR) is 222 cm³/mol. The van der Waals surface area contributed by atoms with Gasteiger partial charge in [0.1, 0.15) is 0 Å². The van der Waals surface area contributed by atoms with E-state index in [0.717, 1.165) is 0 Å². The van der Waals surface area contributed by atoms with Gasteiger partial charge in [-0.15, -0.1) is 0 Å². The third-order valence-electron chi connectivity index (χ3n) is 8.60. The zero-order chi connectivity index (χ0) is 35.4. The molecule has 0 bridgehead atoms. The van der Waals surface area contributed by atoms with Crippen molar-refractivity contribution >= 4 is 64.6 Å². The highest BCUT2D eigenvalue weighted by Crippen LogP contribution is 2.36. The van der Waals surface area contributed by atoms with Crippen molar-refractivity contribution in [3.63, 3.8) is 0 Å². The van der Waals surface area contributed by atoms with Crippen LogP contribution in [0.3, 0.4) is 0 Å². The number of rotatable bonds is 0. The number of fused-ring (bicyclic) bond motifs is 10. The quantitative estimate of drug-likeness (QED) is 0.146. The van der Waals surface area contributed by atoms with Crippen molar-refractivity contribution in [2.75, 3.05) is 0 Å². The Morgan fingerprint density at radius 2 is 0.542 bits per heavy atom. The van der Waals surface area contributed by atoms with Crippen LogP contribution >= 0.6 is 0 Å². The highest BCUT2D eigenvalue weighted by atomic mass is 14.1. The monoisotopic (exact) mass is 632 g/mol. The lowest BCUT2D eigenvalue weighted by molar-refractivity contribution is 1.50. The summed E-state index contributed by atoms with van der Waals surface area (Å²) in [6.45, 7) is 24.8.